The Hall–Kier alpha value is -2.60. The van der Waals surface area contributed by atoms with Crippen molar-refractivity contribution in [3.8, 4) is 0 Å². The first-order valence-electron chi connectivity index (χ1n) is 10.5. The minimum absolute atomic E-state index is 0.0575. The van der Waals surface area contributed by atoms with E-state index in [1.54, 1.807) is 4.90 Å². The van der Waals surface area contributed by atoms with Gasteiger partial charge >= 0.3 is 12.5 Å². The molecule has 2 aliphatic heterocycles. The highest BCUT2D eigenvalue weighted by molar-refractivity contribution is 5.90. The van der Waals surface area contributed by atoms with Gasteiger partial charge in [0, 0.05) is 38.3 Å². The smallest absolute Gasteiger partial charge is 0.414 e. The normalized spacial score (nSPS) is 22.3. The zero-order chi connectivity index (χ0) is 22.8. The Bertz CT molecular complexity index is 847. The summed E-state index contributed by atoms with van der Waals surface area (Å²) in [6.07, 6.45) is -2.65. The van der Waals surface area contributed by atoms with Gasteiger partial charge < -0.3 is 15.0 Å². The summed E-state index contributed by atoms with van der Waals surface area (Å²) < 4.78 is 59.4. The molecule has 0 spiro atoms. The predicted octanol–water partition coefficient (Wildman–Crippen LogP) is 2.13. The van der Waals surface area contributed by atoms with Crippen LogP contribution in [0.5, 0.6) is 0 Å². The van der Waals surface area contributed by atoms with Crippen LogP contribution in [0.2, 0.25) is 0 Å². The van der Waals surface area contributed by atoms with E-state index in [-0.39, 0.29) is 24.5 Å². The molecule has 1 N–H and O–H groups in total. The molecule has 1 aromatic carbocycles. The second-order valence-electron chi connectivity index (χ2n) is 8.07. The molecule has 1 atom stereocenters. The molecular formula is C20H24F4N4O4. The van der Waals surface area contributed by atoms with E-state index in [1.165, 1.54) is 12.8 Å². The van der Waals surface area contributed by atoms with Gasteiger partial charge in [0.1, 0.15) is 11.8 Å². The molecule has 3 aliphatic rings. The summed E-state index contributed by atoms with van der Waals surface area (Å²) in [7, 11) is 0. The van der Waals surface area contributed by atoms with Crippen molar-refractivity contribution in [2.24, 2.45) is 5.92 Å². The van der Waals surface area contributed by atoms with Crippen LogP contribution < -0.4 is 15.1 Å². The molecule has 1 aromatic rings. The van der Waals surface area contributed by atoms with Crippen LogP contribution in [-0.2, 0) is 14.4 Å². The van der Waals surface area contributed by atoms with Crippen LogP contribution in [-0.4, -0.2) is 75.5 Å². The lowest BCUT2D eigenvalue weighted by atomic mass is 10.2. The first-order valence-corrected chi connectivity index (χ1v) is 10.5. The van der Waals surface area contributed by atoms with Crippen LogP contribution in [0.4, 0.5) is 33.7 Å². The van der Waals surface area contributed by atoms with Crippen molar-refractivity contribution in [3.63, 3.8) is 0 Å². The summed E-state index contributed by atoms with van der Waals surface area (Å²) in [5.41, 5.74) is -0.253. The van der Waals surface area contributed by atoms with Crippen molar-refractivity contribution in [1.82, 2.24) is 10.4 Å². The fraction of sp³-hybridized carbons (Fsp3) is 0.600. The highest BCUT2D eigenvalue weighted by Crippen LogP contribution is 2.32. The number of benzene rings is 1. The molecule has 0 bridgehead atoms. The molecule has 4 rings (SSSR count). The number of nitrogens with one attached hydrogen (secondary N) is 1. The number of nitrogens with zero attached hydrogens (tertiary/aromatic N) is 3. The molecule has 1 aliphatic carbocycles. The molecule has 0 aromatic heterocycles. The molecule has 2 saturated heterocycles. The van der Waals surface area contributed by atoms with Crippen LogP contribution >= 0.6 is 0 Å². The molecule has 2 amide bonds. The molecule has 0 radical (unpaired) electrons. The number of hydrogen-bond acceptors (Lipinski definition) is 6. The number of hydroxylamine groups is 2. The molecular weight excluding hydrogens is 436 g/mol. The summed E-state index contributed by atoms with van der Waals surface area (Å²) in [5.74, 6) is -2.53. The van der Waals surface area contributed by atoms with Gasteiger partial charge in [-0.25, -0.2) is 13.6 Å². The maximum atomic E-state index is 14.9. The molecule has 8 nitrogen and oxygen atoms in total. The molecule has 1 saturated carbocycles. The van der Waals surface area contributed by atoms with Gasteiger partial charge in [-0.2, -0.15) is 13.8 Å². The van der Waals surface area contributed by atoms with Crippen molar-refractivity contribution in [2.75, 3.05) is 55.7 Å². The minimum Gasteiger partial charge on any atom is -0.442 e. The first kappa shape index (κ1) is 22.6. The summed E-state index contributed by atoms with van der Waals surface area (Å²) in [5, 5.41) is 3.80. The highest BCUT2D eigenvalue weighted by atomic mass is 19.3. The standard InChI is InChI=1S/C20H24F4N4O4/c21-15-7-13(28-11-14(32-20(28)30)9-25-19(29)18(23)24)8-16(22)17(15)26-3-4-27(31-6-5-26)10-12-1-2-12/h7-8,12,14,18H,1-6,9-11H2,(H,25,29)/t14-/m0/s1. The Morgan fingerprint density at radius 2 is 1.88 bits per heavy atom. The molecule has 32 heavy (non-hydrogen) atoms. The van der Waals surface area contributed by atoms with E-state index in [0.29, 0.717) is 32.2 Å². The number of anilines is 2. The van der Waals surface area contributed by atoms with Gasteiger partial charge in [-0.05, 0) is 18.8 Å². The summed E-state index contributed by atoms with van der Waals surface area (Å²) in [6, 6.07) is 2.07. The number of carbonyl (C=O) groups excluding carboxylic acids is 2. The lowest BCUT2D eigenvalue weighted by Gasteiger charge is -2.24. The summed E-state index contributed by atoms with van der Waals surface area (Å²) in [6.45, 7) is 1.85. The number of halogens is 4. The zero-order valence-electron chi connectivity index (χ0n) is 17.2. The fourth-order valence-corrected chi connectivity index (χ4v) is 3.79. The van der Waals surface area contributed by atoms with Gasteiger partial charge in [-0.1, -0.05) is 0 Å². The molecule has 3 fully saturated rings. The van der Waals surface area contributed by atoms with Crippen LogP contribution in [0, 0.1) is 17.6 Å². The SMILES string of the molecule is O=C(NC[C@H]1CN(c2cc(F)c(N3CCON(CC4CC4)CC3)c(F)c2)C(=O)O1)C(F)F. The van der Waals surface area contributed by atoms with Gasteiger partial charge in [-0.3, -0.25) is 14.5 Å². The van der Waals surface area contributed by atoms with Crippen molar-refractivity contribution in [1.29, 1.82) is 0 Å². The van der Waals surface area contributed by atoms with E-state index in [2.05, 4.69) is 0 Å². The van der Waals surface area contributed by atoms with E-state index in [4.69, 9.17) is 9.57 Å². The van der Waals surface area contributed by atoms with Gasteiger partial charge in [0.15, 0.2) is 11.6 Å². The lowest BCUT2D eigenvalue weighted by Crippen LogP contribution is -2.37. The maximum Gasteiger partial charge on any atom is 0.414 e. The lowest BCUT2D eigenvalue weighted by molar-refractivity contribution is -0.150. The predicted molar refractivity (Wildman–Crippen MR) is 105 cm³/mol. The number of rotatable bonds is 7. The number of hydrogen-bond donors (Lipinski definition) is 1. The van der Waals surface area contributed by atoms with E-state index in [0.717, 1.165) is 23.6 Å². The van der Waals surface area contributed by atoms with Gasteiger partial charge in [0.25, 0.3) is 5.91 Å². The third-order valence-electron chi connectivity index (χ3n) is 5.62. The Morgan fingerprint density at radius 1 is 1.16 bits per heavy atom. The monoisotopic (exact) mass is 460 g/mol. The Kier molecular flexibility index (Phi) is 6.70. The molecule has 12 heteroatoms. The largest absolute Gasteiger partial charge is 0.442 e. The van der Waals surface area contributed by atoms with E-state index >= 15 is 0 Å². The van der Waals surface area contributed by atoms with Crippen LogP contribution in [0.25, 0.3) is 0 Å². The summed E-state index contributed by atoms with van der Waals surface area (Å²) in [4.78, 5) is 31.3. The quantitative estimate of drug-likeness (QED) is 0.629. The highest BCUT2D eigenvalue weighted by Gasteiger charge is 2.34. The second-order valence-corrected chi connectivity index (χ2v) is 8.07. The van der Waals surface area contributed by atoms with Crippen molar-refractivity contribution >= 4 is 23.4 Å². The molecule has 2 heterocycles. The maximum absolute atomic E-state index is 14.9. The fourth-order valence-electron chi connectivity index (χ4n) is 3.79. The van der Waals surface area contributed by atoms with Crippen LogP contribution in [0.1, 0.15) is 12.8 Å². The van der Waals surface area contributed by atoms with Crippen molar-refractivity contribution in [3.05, 3.63) is 23.8 Å². The van der Waals surface area contributed by atoms with E-state index < -0.39 is 36.2 Å². The number of cyclic esters (lactones) is 1. The number of ether oxygens (including phenoxy) is 1. The number of alkyl halides is 2. The second kappa shape index (κ2) is 9.49. The van der Waals surface area contributed by atoms with Crippen molar-refractivity contribution in [2.45, 2.75) is 25.4 Å². The third-order valence-corrected chi connectivity index (χ3v) is 5.62. The van der Waals surface area contributed by atoms with Crippen LogP contribution in [0.3, 0.4) is 0 Å². The van der Waals surface area contributed by atoms with E-state index in [1.807, 2.05) is 10.4 Å². The van der Waals surface area contributed by atoms with Gasteiger partial charge in [0.05, 0.1) is 25.4 Å². The van der Waals surface area contributed by atoms with Gasteiger partial charge in [-0.15, -0.1) is 0 Å². The minimum atomic E-state index is -3.19. The molecule has 176 valence electrons. The van der Waals surface area contributed by atoms with Gasteiger partial charge in [0.2, 0.25) is 0 Å². The topological polar surface area (TPSA) is 74.4 Å². The summed E-state index contributed by atoms with van der Waals surface area (Å²) >= 11 is 0. The average molecular weight is 460 g/mol. The average Bonchev–Trinajstić information content (AvgIpc) is 3.51. The zero-order valence-corrected chi connectivity index (χ0v) is 17.2. The van der Waals surface area contributed by atoms with Crippen LogP contribution in [0.15, 0.2) is 12.1 Å². The molecule has 0 unspecified atom stereocenters. The Balaban J connectivity index is 1.41. The Morgan fingerprint density at radius 3 is 2.53 bits per heavy atom. The first-order chi connectivity index (χ1) is 15.3. The van der Waals surface area contributed by atoms with E-state index in [9.17, 15) is 27.2 Å². The van der Waals surface area contributed by atoms with Crippen molar-refractivity contribution < 1.29 is 36.7 Å². The third kappa shape index (κ3) is 5.23. The number of amides is 2. The number of carbonyl (C=O) groups is 2. The Labute approximate surface area is 182 Å².